The van der Waals surface area contributed by atoms with Crippen molar-refractivity contribution < 1.29 is 24.3 Å². The molecule has 0 fully saturated rings. The number of carbonyl (C=O) groups excluding carboxylic acids is 1. The van der Waals surface area contributed by atoms with E-state index in [1.54, 1.807) is 13.8 Å². The molecule has 1 rings (SSSR count). The van der Waals surface area contributed by atoms with E-state index in [9.17, 15) is 9.90 Å². The van der Waals surface area contributed by atoms with Gasteiger partial charge in [0.15, 0.2) is 5.57 Å². The van der Waals surface area contributed by atoms with E-state index in [1.807, 2.05) is 14.1 Å². The lowest BCUT2D eigenvalue weighted by atomic mass is 10.2. The fourth-order valence-corrected chi connectivity index (χ4v) is 1.19. The van der Waals surface area contributed by atoms with E-state index in [-0.39, 0.29) is 11.5 Å². The number of likely N-dealkylation sites (N-methyl/N-ethyl adjacent to an activating group) is 1. The molecule has 0 atom stereocenters. The van der Waals surface area contributed by atoms with E-state index >= 15 is 0 Å². The van der Waals surface area contributed by atoms with Crippen LogP contribution in [0.5, 0.6) is 0 Å². The summed E-state index contributed by atoms with van der Waals surface area (Å²) < 4.78 is 10.0. The molecule has 2 N–H and O–H groups in total. The number of ether oxygens (including phenoxy) is 2. The molecule has 14 heavy (non-hydrogen) atoms. The Labute approximate surface area is 82.9 Å². The van der Waals surface area contributed by atoms with Gasteiger partial charge in [0.25, 0.3) is 11.7 Å². The third kappa shape index (κ3) is 2.38. The first-order chi connectivity index (χ1) is 6.32. The Morgan fingerprint density at radius 1 is 1.36 bits per heavy atom. The van der Waals surface area contributed by atoms with Crippen LogP contribution in [0.1, 0.15) is 13.8 Å². The molecule has 0 saturated heterocycles. The number of cyclic esters (lactones) is 1. The predicted molar refractivity (Wildman–Crippen MR) is 48.6 cm³/mol. The van der Waals surface area contributed by atoms with Gasteiger partial charge in [-0.2, -0.15) is 0 Å². The number of carbonyl (C=O) groups is 1. The van der Waals surface area contributed by atoms with Crippen molar-refractivity contribution in [2.75, 3.05) is 20.6 Å². The molecule has 1 heterocycles. The van der Waals surface area contributed by atoms with Gasteiger partial charge in [-0.25, -0.2) is 4.79 Å². The molecule has 0 aliphatic carbocycles. The zero-order valence-corrected chi connectivity index (χ0v) is 8.88. The molecule has 5 nitrogen and oxygen atoms in total. The van der Waals surface area contributed by atoms with Crippen LogP contribution in [0.15, 0.2) is 11.5 Å². The van der Waals surface area contributed by atoms with Crippen LogP contribution in [0.3, 0.4) is 0 Å². The highest BCUT2D eigenvalue weighted by molar-refractivity contribution is 5.89. The quantitative estimate of drug-likeness (QED) is 0.576. The molecule has 0 saturated carbocycles. The number of hydrogen-bond donors (Lipinski definition) is 2. The molecule has 0 amide bonds. The van der Waals surface area contributed by atoms with E-state index in [1.165, 1.54) is 0 Å². The summed E-state index contributed by atoms with van der Waals surface area (Å²) in [6.07, 6.45) is 0. The first-order valence-electron chi connectivity index (χ1n) is 4.45. The van der Waals surface area contributed by atoms with Crippen LogP contribution in [0.4, 0.5) is 0 Å². The summed E-state index contributed by atoms with van der Waals surface area (Å²) in [6.45, 7) is 3.52. The number of aliphatic hydroxyl groups excluding tert-OH is 1. The summed E-state index contributed by atoms with van der Waals surface area (Å²) in [4.78, 5) is 12.4. The Hall–Kier alpha value is -1.23. The summed E-state index contributed by atoms with van der Waals surface area (Å²) in [5.41, 5.74) is 0.185. The van der Waals surface area contributed by atoms with Crippen LogP contribution in [-0.4, -0.2) is 37.5 Å². The van der Waals surface area contributed by atoms with Crippen molar-refractivity contribution in [2.24, 2.45) is 0 Å². The van der Waals surface area contributed by atoms with Crippen molar-refractivity contribution in [3.8, 4) is 0 Å². The molecule has 0 unspecified atom stereocenters. The van der Waals surface area contributed by atoms with Crippen LogP contribution >= 0.6 is 0 Å². The van der Waals surface area contributed by atoms with E-state index in [0.717, 1.165) is 4.90 Å². The molecule has 0 aromatic heterocycles. The first-order valence-corrected chi connectivity index (χ1v) is 4.45. The normalized spacial score (nSPS) is 20.8. The molecule has 1 aliphatic heterocycles. The van der Waals surface area contributed by atoms with Gasteiger partial charge in [-0.1, -0.05) is 0 Å². The van der Waals surface area contributed by atoms with E-state index in [0.29, 0.717) is 6.54 Å². The fraction of sp³-hybridized carbons (Fsp3) is 0.667. The molecule has 0 spiro atoms. The van der Waals surface area contributed by atoms with Gasteiger partial charge in [0.05, 0.1) is 14.1 Å². The van der Waals surface area contributed by atoms with Gasteiger partial charge in [0.2, 0.25) is 0 Å². The van der Waals surface area contributed by atoms with E-state index in [2.05, 4.69) is 0 Å². The van der Waals surface area contributed by atoms with Gasteiger partial charge >= 0.3 is 5.97 Å². The Morgan fingerprint density at radius 2 is 1.93 bits per heavy atom. The van der Waals surface area contributed by atoms with Crippen molar-refractivity contribution in [3.63, 3.8) is 0 Å². The van der Waals surface area contributed by atoms with Crippen molar-refractivity contribution in [1.29, 1.82) is 0 Å². The van der Waals surface area contributed by atoms with Crippen LogP contribution in [-0.2, 0) is 14.3 Å². The Balaban J connectivity index is 2.88. The molecule has 80 valence electrons. The van der Waals surface area contributed by atoms with Crippen molar-refractivity contribution in [3.05, 3.63) is 11.5 Å². The molecule has 5 heteroatoms. The van der Waals surface area contributed by atoms with Crippen LogP contribution < -0.4 is 4.90 Å². The smallest absolute Gasteiger partial charge is 0.350 e. The van der Waals surface area contributed by atoms with Gasteiger partial charge in [0, 0.05) is 13.8 Å². The fourth-order valence-electron chi connectivity index (χ4n) is 1.19. The third-order valence-electron chi connectivity index (χ3n) is 1.72. The second-order valence-corrected chi connectivity index (χ2v) is 4.06. The summed E-state index contributed by atoms with van der Waals surface area (Å²) in [7, 11) is 3.74. The van der Waals surface area contributed by atoms with Gasteiger partial charge in [-0.05, 0) is 0 Å². The lowest BCUT2D eigenvalue weighted by Crippen LogP contribution is -3.06. The average Bonchev–Trinajstić information content (AvgIpc) is 1.94. The second-order valence-electron chi connectivity index (χ2n) is 4.06. The number of aliphatic hydroxyl groups is 1. The Kier molecular flexibility index (Phi) is 2.71. The zero-order valence-electron chi connectivity index (χ0n) is 8.88. The second kappa shape index (κ2) is 3.49. The van der Waals surface area contributed by atoms with Gasteiger partial charge < -0.3 is 19.5 Å². The van der Waals surface area contributed by atoms with Crippen LogP contribution in [0.2, 0.25) is 0 Å². The molecule has 0 aromatic rings. The van der Waals surface area contributed by atoms with Crippen LogP contribution in [0, 0.1) is 0 Å². The Bertz CT molecular complexity index is 281. The molecular weight excluding hydrogens is 186 g/mol. The number of hydrogen-bond acceptors (Lipinski definition) is 4. The van der Waals surface area contributed by atoms with E-state index < -0.39 is 11.8 Å². The summed E-state index contributed by atoms with van der Waals surface area (Å²) in [5.74, 6) is -1.92. The SMILES string of the molecule is C[NH+](C)CC1=C(O)OC(C)(C)OC1=O. The highest BCUT2D eigenvalue weighted by Gasteiger charge is 2.37. The molecule has 1 aliphatic rings. The number of quaternary nitrogens is 1. The third-order valence-corrected chi connectivity index (χ3v) is 1.72. The van der Waals surface area contributed by atoms with Crippen molar-refractivity contribution in [1.82, 2.24) is 0 Å². The maximum absolute atomic E-state index is 11.4. The lowest BCUT2D eigenvalue weighted by Gasteiger charge is -2.30. The summed E-state index contributed by atoms with van der Waals surface area (Å²) in [5, 5.41) is 9.47. The molecule has 0 aromatic carbocycles. The minimum atomic E-state index is -1.08. The first kappa shape index (κ1) is 10.8. The molecule has 0 bridgehead atoms. The number of rotatable bonds is 2. The molecular formula is C9H16NO4+. The average molecular weight is 202 g/mol. The lowest BCUT2D eigenvalue weighted by molar-refractivity contribution is -0.852. The Morgan fingerprint density at radius 3 is 2.36 bits per heavy atom. The van der Waals surface area contributed by atoms with Gasteiger partial charge in [0.1, 0.15) is 6.54 Å². The maximum atomic E-state index is 11.4. The summed E-state index contributed by atoms with van der Waals surface area (Å²) in [6, 6.07) is 0. The highest BCUT2D eigenvalue weighted by Crippen LogP contribution is 2.24. The standard InChI is InChI=1S/C9H15NO4/c1-9(2)13-7(11)6(5-10(3)4)8(12)14-9/h11H,5H2,1-4H3/p+1. The number of nitrogens with one attached hydrogen (secondary N) is 1. The van der Waals surface area contributed by atoms with Crippen molar-refractivity contribution >= 4 is 5.97 Å². The van der Waals surface area contributed by atoms with Gasteiger partial charge in [-0.15, -0.1) is 0 Å². The number of esters is 1. The zero-order chi connectivity index (χ0) is 10.9. The molecule has 0 radical (unpaired) electrons. The largest absolute Gasteiger partial charge is 0.480 e. The topological polar surface area (TPSA) is 60.2 Å². The van der Waals surface area contributed by atoms with Gasteiger partial charge in [-0.3, -0.25) is 0 Å². The maximum Gasteiger partial charge on any atom is 0.350 e. The van der Waals surface area contributed by atoms with Crippen LogP contribution in [0.25, 0.3) is 0 Å². The van der Waals surface area contributed by atoms with E-state index in [4.69, 9.17) is 9.47 Å². The minimum absolute atomic E-state index is 0.185. The minimum Gasteiger partial charge on any atom is -0.480 e. The van der Waals surface area contributed by atoms with Crippen molar-refractivity contribution in [2.45, 2.75) is 19.6 Å². The predicted octanol–water partition coefficient (Wildman–Crippen LogP) is -0.790. The summed E-state index contributed by atoms with van der Waals surface area (Å²) >= 11 is 0. The highest BCUT2D eigenvalue weighted by atomic mass is 16.8. The monoisotopic (exact) mass is 202 g/mol.